The molecule has 0 radical (unpaired) electrons. The number of rotatable bonds is 5. The van der Waals surface area contributed by atoms with E-state index in [1.54, 1.807) is 6.20 Å². The van der Waals surface area contributed by atoms with Crippen LogP contribution in [0.2, 0.25) is 0 Å². The minimum atomic E-state index is -0.0439. The van der Waals surface area contributed by atoms with Crippen LogP contribution in [-0.4, -0.2) is 29.5 Å². The van der Waals surface area contributed by atoms with Crippen molar-refractivity contribution in [2.24, 2.45) is 5.41 Å². The minimum absolute atomic E-state index is 0.0183. The van der Waals surface area contributed by atoms with Crippen molar-refractivity contribution in [3.63, 3.8) is 0 Å². The molecule has 0 bridgehead atoms. The fourth-order valence-electron chi connectivity index (χ4n) is 3.60. The number of carbonyl (C=O) groups is 1. The van der Waals surface area contributed by atoms with E-state index in [4.69, 9.17) is 4.98 Å². The van der Waals surface area contributed by atoms with E-state index in [1.165, 1.54) is 0 Å². The summed E-state index contributed by atoms with van der Waals surface area (Å²) in [6.45, 7) is 9.98. The Morgan fingerprint density at radius 1 is 1.29 bits per heavy atom. The largest absolute Gasteiger partial charge is 0.373 e. The van der Waals surface area contributed by atoms with Crippen LogP contribution in [0, 0.1) is 12.3 Å². The molecular weight excluding hydrogens is 350 g/mol. The average Bonchev–Trinajstić information content (AvgIpc) is 2.62. The van der Waals surface area contributed by atoms with E-state index in [0.29, 0.717) is 12.2 Å². The molecule has 1 aliphatic heterocycles. The highest BCUT2D eigenvalue weighted by Gasteiger charge is 2.22. The third-order valence-corrected chi connectivity index (χ3v) is 4.89. The van der Waals surface area contributed by atoms with E-state index in [9.17, 15) is 4.79 Å². The van der Waals surface area contributed by atoms with Gasteiger partial charge in [-0.05, 0) is 42.9 Å². The Kier molecular flexibility index (Phi) is 5.87. The lowest BCUT2D eigenvalue weighted by atomic mass is 9.92. The van der Waals surface area contributed by atoms with Crippen molar-refractivity contribution in [2.45, 2.75) is 53.5 Å². The van der Waals surface area contributed by atoms with Gasteiger partial charge in [0.05, 0.1) is 11.4 Å². The van der Waals surface area contributed by atoms with Crippen LogP contribution in [0.3, 0.4) is 0 Å². The lowest BCUT2D eigenvalue weighted by Gasteiger charge is -2.32. The Labute approximate surface area is 167 Å². The number of anilines is 3. The van der Waals surface area contributed by atoms with E-state index in [0.717, 1.165) is 54.3 Å². The first-order chi connectivity index (χ1) is 13.3. The highest BCUT2D eigenvalue weighted by atomic mass is 16.1. The summed E-state index contributed by atoms with van der Waals surface area (Å²) >= 11 is 0. The fraction of sp³-hybridized carbons (Fsp3) is 0.500. The Bertz CT molecular complexity index is 856. The van der Waals surface area contributed by atoms with Gasteiger partial charge in [0.25, 0.3) is 0 Å². The number of hydrogen-bond acceptors (Lipinski definition) is 5. The van der Waals surface area contributed by atoms with Gasteiger partial charge in [-0.15, -0.1) is 0 Å². The van der Waals surface area contributed by atoms with Crippen LogP contribution in [0.15, 0.2) is 24.4 Å². The quantitative estimate of drug-likeness (QED) is 0.814. The molecule has 3 heterocycles. The van der Waals surface area contributed by atoms with Crippen molar-refractivity contribution in [3.8, 4) is 0 Å². The summed E-state index contributed by atoms with van der Waals surface area (Å²) in [5.41, 5.74) is 4.32. The SMILES string of the molecule is CNc1ncccc1CN1CCCc2nc(NC(=O)CC(C)(C)C)c(C)cc21. The van der Waals surface area contributed by atoms with Gasteiger partial charge in [-0.1, -0.05) is 26.8 Å². The van der Waals surface area contributed by atoms with Gasteiger partial charge in [0.15, 0.2) is 0 Å². The Morgan fingerprint density at radius 2 is 2.07 bits per heavy atom. The molecule has 2 aromatic rings. The zero-order chi connectivity index (χ0) is 20.3. The van der Waals surface area contributed by atoms with Crippen LogP contribution in [-0.2, 0) is 17.8 Å². The second-order valence-corrected chi connectivity index (χ2v) is 8.69. The lowest BCUT2D eigenvalue weighted by molar-refractivity contribution is -0.117. The van der Waals surface area contributed by atoms with Crippen LogP contribution in [0.4, 0.5) is 17.3 Å². The Hall–Kier alpha value is -2.63. The Balaban J connectivity index is 1.82. The topological polar surface area (TPSA) is 70.2 Å². The summed E-state index contributed by atoms with van der Waals surface area (Å²) in [5.74, 6) is 1.61. The second-order valence-electron chi connectivity index (χ2n) is 8.69. The molecule has 28 heavy (non-hydrogen) atoms. The highest BCUT2D eigenvalue weighted by molar-refractivity contribution is 5.91. The average molecular weight is 382 g/mol. The van der Waals surface area contributed by atoms with Crippen molar-refractivity contribution >= 4 is 23.2 Å². The monoisotopic (exact) mass is 381 g/mol. The molecule has 0 spiro atoms. The fourth-order valence-corrected chi connectivity index (χ4v) is 3.60. The van der Waals surface area contributed by atoms with Crippen LogP contribution in [0.25, 0.3) is 0 Å². The maximum atomic E-state index is 12.3. The van der Waals surface area contributed by atoms with Crippen LogP contribution >= 0.6 is 0 Å². The molecule has 0 atom stereocenters. The molecule has 6 heteroatoms. The number of nitrogens with zero attached hydrogens (tertiary/aromatic N) is 3. The number of carbonyl (C=O) groups excluding carboxylic acids is 1. The van der Waals surface area contributed by atoms with Gasteiger partial charge >= 0.3 is 0 Å². The number of nitrogens with one attached hydrogen (secondary N) is 2. The van der Waals surface area contributed by atoms with Crippen molar-refractivity contribution in [1.29, 1.82) is 0 Å². The molecule has 1 aliphatic rings. The number of aromatic nitrogens is 2. The van der Waals surface area contributed by atoms with Gasteiger partial charge < -0.3 is 15.5 Å². The molecule has 150 valence electrons. The summed E-state index contributed by atoms with van der Waals surface area (Å²) in [6.07, 6.45) is 4.26. The standard InChI is InChI=1S/C22H31N5O/c1-15-12-18-17(25-20(15)26-19(28)13-22(2,3)4)9-7-11-27(18)14-16-8-6-10-24-21(16)23-5/h6,8,10,12H,7,9,11,13-14H2,1-5H3,(H,23,24)(H,25,26,28). The smallest absolute Gasteiger partial charge is 0.226 e. The van der Waals surface area contributed by atoms with E-state index in [1.807, 2.05) is 20.0 Å². The summed E-state index contributed by atoms with van der Waals surface area (Å²) in [4.78, 5) is 23.9. The molecule has 3 rings (SSSR count). The van der Waals surface area contributed by atoms with Crippen molar-refractivity contribution in [3.05, 3.63) is 41.2 Å². The predicted octanol–water partition coefficient (Wildman–Crippen LogP) is 4.15. The summed E-state index contributed by atoms with van der Waals surface area (Å²) in [5, 5.41) is 6.18. The molecule has 0 unspecified atom stereocenters. The Morgan fingerprint density at radius 3 is 2.79 bits per heavy atom. The van der Waals surface area contributed by atoms with Gasteiger partial charge in [0, 0.05) is 38.3 Å². The maximum Gasteiger partial charge on any atom is 0.226 e. The number of pyridine rings is 2. The minimum Gasteiger partial charge on any atom is -0.373 e. The van der Waals surface area contributed by atoms with Crippen molar-refractivity contribution in [1.82, 2.24) is 9.97 Å². The number of aryl methyl sites for hydroxylation is 2. The van der Waals surface area contributed by atoms with Crippen molar-refractivity contribution in [2.75, 3.05) is 29.1 Å². The molecule has 0 aliphatic carbocycles. The maximum absolute atomic E-state index is 12.3. The molecule has 0 saturated carbocycles. The molecule has 0 saturated heterocycles. The van der Waals surface area contributed by atoms with E-state index >= 15 is 0 Å². The normalized spacial score (nSPS) is 13.8. The molecular formula is C22H31N5O. The molecule has 0 fully saturated rings. The van der Waals surface area contributed by atoms with E-state index < -0.39 is 0 Å². The summed E-state index contributed by atoms with van der Waals surface area (Å²) in [6, 6.07) is 6.23. The molecule has 2 N–H and O–H groups in total. The van der Waals surface area contributed by atoms with Gasteiger partial charge in [-0.25, -0.2) is 9.97 Å². The molecule has 0 aromatic carbocycles. The number of fused-ring (bicyclic) bond motifs is 1. The molecule has 1 amide bonds. The van der Waals surface area contributed by atoms with E-state index in [-0.39, 0.29) is 11.3 Å². The zero-order valence-electron chi connectivity index (χ0n) is 17.6. The lowest BCUT2D eigenvalue weighted by Crippen LogP contribution is -2.30. The van der Waals surface area contributed by atoms with Gasteiger partial charge in [0.1, 0.15) is 11.6 Å². The van der Waals surface area contributed by atoms with Crippen LogP contribution < -0.4 is 15.5 Å². The van der Waals surface area contributed by atoms with Crippen LogP contribution in [0.1, 0.15) is 50.4 Å². The number of amides is 1. The zero-order valence-corrected chi connectivity index (χ0v) is 17.6. The van der Waals surface area contributed by atoms with Gasteiger partial charge in [-0.2, -0.15) is 0 Å². The molecule has 6 nitrogen and oxygen atoms in total. The van der Waals surface area contributed by atoms with Crippen LogP contribution in [0.5, 0.6) is 0 Å². The van der Waals surface area contributed by atoms with Crippen molar-refractivity contribution < 1.29 is 4.79 Å². The summed E-state index contributed by atoms with van der Waals surface area (Å²) in [7, 11) is 1.90. The third kappa shape index (κ3) is 4.80. The first kappa shape index (κ1) is 20.1. The first-order valence-electron chi connectivity index (χ1n) is 9.94. The number of hydrogen-bond donors (Lipinski definition) is 2. The third-order valence-electron chi connectivity index (χ3n) is 4.89. The summed E-state index contributed by atoms with van der Waals surface area (Å²) < 4.78 is 0. The predicted molar refractivity (Wildman–Crippen MR) is 115 cm³/mol. The van der Waals surface area contributed by atoms with E-state index in [2.05, 4.69) is 53.4 Å². The second kappa shape index (κ2) is 8.17. The molecule has 2 aromatic heterocycles. The van der Waals surface area contributed by atoms with Gasteiger partial charge in [-0.3, -0.25) is 4.79 Å². The highest BCUT2D eigenvalue weighted by Crippen LogP contribution is 2.32. The van der Waals surface area contributed by atoms with Gasteiger partial charge in [0.2, 0.25) is 5.91 Å². The first-order valence-corrected chi connectivity index (χ1v) is 9.94.